The van der Waals surface area contributed by atoms with Crippen LogP contribution in [0.25, 0.3) is 11.0 Å². The fraction of sp³-hybridized carbons (Fsp3) is 0.333. The molecule has 2 atom stereocenters. The number of nitrogens with zero attached hydrogens (tertiary/aromatic N) is 3. The van der Waals surface area contributed by atoms with E-state index in [1.54, 1.807) is 0 Å². The summed E-state index contributed by atoms with van der Waals surface area (Å²) >= 11 is 0. The van der Waals surface area contributed by atoms with Gasteiger partial charge in [0.2, 0.25) is 0 Å². The van der Waals surface area contributed by atoms with Crippen LogP contribution in [0.5, 0.6) is 0 Å². The van der Waals surface area contributed by atoms with Gasteiger partial charge >= 0.3 is 0 Å². The first-order valence-corrected chi connectivity index (χ1v) is 5.66. The minimum absolute atomic E-state index is 0.198. The van der Waals surface area contributed by atoms with Crippen LogP contribution < -0.4 is 5.73 Å². The SMILES string of the molecule is Nc1ncnc2c1ccn2C1C=CC(CO)C1. The predicted molar refractivity (Wildman–Crippen MR) is 65.3 cm³/mol. The summed E-state index contributed by atoms with van der Waals surface area (Å²) in [6.07, 6.45) is 8.53. The van der Waals surface area contributed by atoms with Gasteiger partial charge < -0.3 is 15.4 Å². The van der Waals surface area contributed by atoms with E-state index in [1.807, 2.05) is 12.3 Å². The van der Waals surface area contributed by atoms with Crippen molar-refractivity contribution in [3.8, 4) is 0 Å². The first kappa shape index (κ1) is 10.3. The molecular weight excluding hydrogens is 216 g/mol. The number of nitrogen functional groups attached to an aromatic ring is 1. The quantitative estimate of drug-likeness (QED) is 0.758. The number of allylic oxidation sites excluding steroid dienone is 1. The number of rotatable bonds is 2. The van der Waals surface area contributed by atoms with Crippen molar-refractivity contribution in [2.75, 3.05) is 12.3 Å². The molecule has 17 heavy (non-hydrogen) atoms. The Morgan fingerprint density at radius 3 is 3.06 bits per heavy atom. The van der Waals surface area contributed by atoms with Crippen molar-refractivity contribution < 1.29 is 5.11 Å². The molecule has 0 saturated carbocycles. The molecule has 0 radical (unpaired) electrons. The van der Waals surface area contributed by atoms with Crippen molar-refractivity contribution in [1.29, 1.82) is 0 Å². The van der Waals surface area contributed by atoms with Crippen LogP contribution in [0.4, 0.5) is 5.82 Å². The minimum Gasteiger partial charge on any atom is -0.396 e. The Labute approximate surface area is 98.6 Å². The van der Waals surface area contributed by atoms with E-state index in [9.17, 15) is 0 Å². The van der Waals surface area contributed by atoms with Crippen LogP contribution in [-0.2, 0) is 0 Å². The molecule has 3 N–H and O–H groups in total. The maximum absolute atomic E-state index is 9.13. The molecule has 5 nitrogen and oxygen atoms in total. The topological polar surface area (TPSA) is 77.0 Å². The van der Waals surface area contributed by atoms with Crippen LogP contribution in [0.2, 0.25) is 0 Å². The second-order valence-corrected chi connectivity index (χ2v) is 4.35. The third kappa shape index (κ3) is 1.59. The molecule has 3 rings (SSSR count). The summed E-state index contributed by atoms with van der Waals surface area (Å²) in [6.45, 7) is 0.198. The van der Waals surface area contributed by atoms with Crippen LogP contribution in [0, 0.1) is 5.92 Å². The summed E-state index contributed by atoms with van der Waals surface area (Å²) in [6, 6.07) is 2.18. The van der Waals surface area contributed by atoms with E-state index >= 15 is 0 Å². The highest BCUT2D eigenvalue weighted by atomic mass is 16.3. The van der Waals surface area contributed by atoms with Gasteiger partial charge in [-0.15, -0.1) is 0 Å². The molecule has 2 heterocycles. The summed E-state index contributed by atoms with van der Waals surface area (Å²) in [7, 11) is 0. The van der Waals surface area contributed by atoms with Gasteiger partial charge in [0.15, 0.2) is 0 Å². The van der Waals surface area contributed by atoms with Crippen molar-refractivity contribution >= 4 is 16.9 Å². The number of aliphatic hydroxyl groups excluding tert-OH is 1. The molecule has 5 heteroatoms. The first-order valence-electron chi connectivity index (χ1n) is 5.66. The zero-order valence-corrected chi connectivity index (χ0v) is 9.32. The van der Waals surface area contributed by atoms with Gasteiger partial charge in [-0.3, -0.25) is 0 Å². The van der Waals surface area contributed by atoms with Gasteiger partial charge in [0.1, 0.15) is 17.8 Å². The van der Waals surface area contributed by atoms with E-state index in [0.29, 0.717) is 5.82 Å². The van der Waals surface area contributed by atoms with Gasteiger partial charge in [0.25, 0.3) is 0 Å². The zero-order chi connectivity index (χ0) is 11.8. The van der Waals surface area contributed by atoms with Crippen LogP contribution in [0.1, 0.15) is 12.5 Å². The number of hydrogen-bond acceptors (Lipinski definition) is 4. The number of nitrogens with two attached hydrogens (primary N) is 1. The number of aliphatic hydroxyl groups is 1. The molecule has 1 aliphatic rings. The summed E-state index contributed by atoms with van der Waals surface area (Å²) in [5.41, 5.74) is 6.65. The average Bonchev–Trinajstić information content (AvgIpc) is 2.94. The van der Waals surface area contributed by atoms with Gasteiger partial charge in [-0.1, -0.05) is 12.2 Å². The van der Waals surface area contributed by atoms with Crippen molar-refractivity contribution in [3.63, 3.8) is 0 Å². The van der Waals surface area contributed by atoms with Crippen LogP contribution in [0.3, 0.4) is 0 Å². The van der Waals surface area contributed by atoms with Gasteiger partial charge in [0.05, 0.1) is 11.4 Å². The number of hydrogen-bond donors (Lipinski definition) is 2. The third-order valence-corrected chi connectivity index (χ3v) is 3.28. The molecule has 0 saturated heterocycles. The maximum atomic E-state index is 9.13. The average molecular weight is 230 g/mol. The number of aromatic nitrogens is 3. The Morgan fingerprint density at radius 1 is 1.41 bits per heavy atom. The molecule has 2 aromatic rings. The third-order valence-electron chi connectivity index (χ3n) is 3.28. The highest BCUT2D eigenvalue weighted by Crippen LogP contribution is 2.31. The Balaban J connectivity index is 2.02. The summed E-state index contributed by atoms with van der Waals surface area (Å²) in [4.78, 5) is 8.25. The van der Waals surface area contributed by atoms with E-state index in [-0.39, 0.29) is 18.6 Å². The number of anilines is 1. The largest absolute Gasteiger partial charge is 0.396 e. The molecule has 2 unspecified atom stereocenters. The molecule has 88 valence electrons. The molecule has 0 fully saturated rings. The number of fused-ring (bicyclic) bond motifs is 1. The maximum Gasteiger partial charge on any atom is 0.146 e. The van der Waals surface area contributed by atoms with E-state index in [2.05, 4.69) is 26.7 Å². The lowest BCUT2D eigenvalue weighted by atomic mass is 10.1. The Kier molecular flexibility index (Phi) is 2.33. The highest BCUT2D eigenvalue weighted by Gasteiger charge is 2.21. The molecule has 0 aromatic carbocycles. The molecule has 0 bridgehead atoms. The van der Waals surface area contributed by atoms with Crippen LogP contribution in [-0.4, -0.2) is 26.2 Å². The van der Waals surface area contributed by atoms with Crippen LogP contribution >= 0.6 is 0 Å². The standard InChI is InChI=1S/C12H14N4O/c13-11-10-3-4-16(12(10)15-7-14-11)9-2-1-8(5-9)6-17/h1-4,7-9,17H,5-6H2,(H2,13,14,15). The van der Waals surface area contributed by atoms with Crippen molar-refractivity contribution in [1.82, 2.24) is 14.5 Å². The molecule has 0 aliphatic heterocycles. The fourth-order valence-electron chi connectivity index (χ4n) is 2.35. The second kappa shape index (κ2) is 3.85. The van der Waals surface area contributed by atoms with Crippen molar-refractivity contribution in [3.05, 3.63) is 30.7 Å². The van der Waals surface area contributed by atoms with Crippen LogP contribution in [0.15, 0.2) is 30.7 Å². The minimum atomic E-state index is 0.198. The second-order valence-electron chi connectivity index (χ2n) is 4.35. The molecule has 0 amide bonds. The van der Waals surface area contributed by atoms with Gasteiger partial charge in [-0.2, -0.15) is 0 Å². The lowest BCUT2D eigenvalue weighted by Crippen LogP contribution is -2.07. The molecule has 1 aliphatic carbocycles. The first-order chi connectivity index (χ1) is 8.29. The van der Waals surface area contributed by atoms with Gasteiger partial charge in [-0.05, 0) is 12.5 Å². The molecular formula is C12H14N4O. The summed E-state index contributed by atoms with van der Waals surface area (Å²) < 4.78 is 2.08. The van der Waals surface area contributed by atoms with E-state index in [1.165, 1.54) is 6.33 Å². The predicted octanol–water partition coefficient (Wildman–Crippen LogP) is 1.12. The van der Waals surface area contributed by atoms with Crippen molar-refractivity contribution in [2.24, 2.45) is 5.92 Å². The fourth-order valence-corrected chi connectivity index (χ4v) is 2.35. The summed E-state index contributed by atoms with van der Waals surface area (Å²) in [5, 5.41) is 10.0. The molecule has 2 aromatic heterocycles. The van der Waals surface area contributed by atoms with Crippen molar-refractivity contribution in [2.45, 2.75) is 12.5 Å². The Morgan fingerprint density at radius 2 is 2.29 bits per heavy atom. The monoisotopic (exact) mass is 230 g/mol. The zero-order valence-electron chi connectivity index (χ0n) is 9.32. The van der Waals surface area contributed by atoms with E-state index < -0.39 is 0 Å². The van der Waals surface area contributed by atoms with Gasteiger partial charge in [-0.25, -0.2) is 9.97 Å². The normalized spacial score (nSPS) is 23.6. The Bertz CT molecular complexity index is 575. The lowest BCUT2D eigenvalue weighted by molar-refractivity contribution is 0.244. The lowest BCUT2D eigenvalue weighted by Gasteiger charge is -2.13. The smallest absolute Gasteiger partial charge is 0.146 e. The molecule has 0 spiro atoms. The Hall–Kier alpha value is -1.88. The highest BCUT2D eigenvalue weighted by molar-refractivity contribution is 5.86. The summed E-state index contributed by atoms with van der Waals surface area (Å²) in [5.74, 6) is 0.756. The van der Waals surface area contributed by atoms with Gasteiger partial charge in [0, 0.05) is 18.7 Å². The van der Waals surface area contributed by atoms with E-state index in [4.69, 9.17) is 10.8 Å². The van der Waals surface area contributed by atoms with E-state index in [0.717, 1.165) is 17.5 Å².